The number of aromatic nitrogens is 1. The van der Waals surface area contributed by atoms with Crippen molar-refractivity contribution < 1.29 is 13.5 Å². The van der Waals surface area contributed by atoms with Gasteiger partial charge < -0.3 is 10.1 Å². The Morgan fingerprint density at radius 3 is 2.73 bits per heavy atom. The number of rotatable bonds is 2. The number of H-pyrrole nitrogens is 1. The summed E-state index contributed by atoms with van der Waals surface area (Å²) >= 11 is 0. The lowest BCUT2D eigenvalue weighted by Crippen LogP contribution is -1.95. The second-order valence-electron chi connectivity index (χ2n) is 3.20. The van der Waals surface area contributed by atoms with Gasteiger partial charge in [0.1, 0.15) is 5.75 Å². The molecule has 0 radical (unpaired) electrons. The Morgan fingerprint density at radius 2 is 2.07 bits per heavy atom. The van der Waals surface area contributed by atoms with Gasteiger partial charge in [-0.2, -0.15) is 0 Å². The lowest BCUT2D eigenvalue weighted by atomic mass is 10.1. The van der Waals surface area contributed by atoms with Gasteiger partial charge in [-0.3, -0.25) is 0 Å². The molecule has 15 heavy (non-hydrogen) atoms. The van der Waals surface area contributed by atoms with E-state index in [0.29, 0.717) is 10.9 Å². The molecule has 0 aliphatic carbocycles. The van der Waals surface area contributed by atoms with Crippen molar-refractivity contribution >= 4 is 30.6 Å². The highest BCUT2D eigenvalue weighted by Gasteiger charge is 2.13. The molecule has 1 heterocycles. The predicted molar refractivity (Wildman–Crippen MR) is 58.4 cm³/mol. The minimum atomic E-state index is -3.65. The summed E-state index contributed by atoms with van der Waals surface area (Å²) in [6.07, 6.45) is 1.67. The van der Waals surface area contributed by atoms with Crippen LogP contribution in [0.4, 0.5) is 0 Å². The van der Waals surface area contributed by atoms with Gasteiger partial charge in [0.15, 0.2) is 0 Å². The Morgan fingerprint density at radius 1 is 1.33 bits per heavy atom. The zero-order chi connectivity index (χ0) is 11.1. The third kappa shape index (κ3) is 2.08. The largest absolute Gasteiger partial charge is 0.507 e. The molecule has 80 valence electrons. The molecule has 0 aliphatic rings. The molecule has 0 aliphatic heterocycles. The van der Waals surface area contributed by atoms with Gasteiger partial charge in [-0.15, -0.1) is 0 Å². The number of nitrogens with one attached hydrogen (secondary N) is 1. The third-order valence-electron chi connectivity index (χ3n) is 2.12. The van der Waals surface area contributed by atoms with Gasteiger partial charge in [0.05, 0.1) is 5.75 Å². The van der Waals surface area contributed by atoms with Crippen molar-refractivity contribution in [2.24, 2.45) is 0 Å². The summed E-state index contributed by atoms with van der Waals surface area (Å²) in [5, 5.41) is 10.3. The summed E-state index contributed by atoms with van der Waals surface area (Å²) in [5.74, 6) is -0.417. The second-order valence-corrected chi connectivity index (χ2v) is 5.97. The Labute approximate surface area is 90.9 Å². The van der Waals surface area contributed by atoms with Crippen LogP contribution in [0.1, 0.15) is 5.56 Å². The van der Waals surface area contributed by atoms with Gasteiger partial charge in [-0.05, 0) is 12.1 Å². The van der Waals surface area contributed by atoms with Crippen molar-refractivity contribution in [2.45, 2.75) is 5.75 Å². The third-order valence-corrected chi connectivity index (χ3v) is 3.10. The lowest BCUT2D eigenvalue weighted by molar-refractivity contribution is 0.476. The molecule has 0 amide bonds. The molecule has 2 N–H and O–H groups in total. The lowest BCUT2D eigenvalue weighted by Gasteiger charge is -2.03. The van der Waals surface area contributed by atoms with Crippen LogP contribution in [0.2, 0.25) is 0 Å². The minimum absolute atomic E-state index is 0.0435. The summed E-state index contributed by atoms with van der Waals surface area (Å²) in [5.41, 5.74) is 1.06. The van der Waals surface area contributed by atoms with Crippen LogP contribution < -0.4 is 0 Å². The summed E-state index contributed by atoms with van der Waals surface area (Å²) in [6, 6.07) is 4.91. The summed E-state index contributed by atoms with van der Waals surface area (Å²) < 4.78 is 21.7. The van der Waals surface area contributed by atoms with Gasteiger partial charge in [0.2, 0.25) is 9.05 Å². The van der Waals surface area contributed by atoms with Crippen LogP contribution >= 0.6 is 10.7 Å². The highest BCUT2D eigenvalue weighted by Crippen LogP contribution is 2.29. The smallest absolute Gasteiger partial charge is 0.236 e. The number of hydrogen-bond donors (Lipinski definition) is 2. The zero-order valence-corrected chi connectivity index (χ0v) is 9.14. The number of halogens is 1. The number of phenolic OH excluding ortho intramolecular Hbond substituents is 1. The van der Waals surface area contributed by atoms with Crippen LogP contribution in [-0.2, 0) is 14.8 Å². The van der Waals surface area contributed by atoms with Gasteiger partial charge in [-0.25, -0.2) is 8.42 Å². The molecule has 0 spiro atoms. The molecular weight excluding hydrogens is 238 g/mol. The normalized spacial score (nSPS) is 12.1. The first-order chi connectivity index (χ1) is 6.97. The Kier molecular flexibility index (Phi) is 2.36. The van der Waals surface area contributed by atoms with Crippen LogP contribution in [0.5, 0.6) is 5.75 Å². The van der Waals surface area contributed by atoms with E-state index in [-0.39, 0.29) is 11.5 Å². The second kappa shape index (κ2) is 3.43. The Hall–Kier alpha value is -1.20. The van der Waals surface area contributed by atoms with Crippen molar-refractivity contribution in [1.82, 2.24) is 4.98 Å². The van der Waals surface area contributed by atoms with Gasteiger partial charge in [-0.1, -0.05) is 6.07 Å². The molecule has 2 rings (SSSR count). The molecule has 0 fully saturated rings. The van der Waals surface area contributed by atoms with E-state index in [1.165, 1.54) is 6.07 Å². The maximum absolute atomic E-state index is 10.9. The molecule has 0 saturated carbocycles. The first-order valence-corrected chi connectivity index (χ1v) is 6.65. The number of aromatic hydroxyl groups is 1. The summed E-state index contributed by atoms with van der Waals surface area (Å²) in [7, 11) is 1.47. The first-order valence-electron chi connectivity index (χ1n) is 4.17. The molecule has 2 aromatic rings. The maximum atomic E-state index is 10.9. The zero-order valence-electron chi connectivity index (χ0n) is 7.57. The van der Waals surface area contributed by atoms with E-state index in [1.807, 2.05) is 0 Å². The first kappa shape index (κ1) is 10.3. The van der Waals surface area contributed by atoms with Crippen LogP contribution in [-0.4, -0.2) is 18.5 Å². The van der Waals surface area contributed by atoms with E-state index >= 15 is 0 Å². The van der Waals surface area contributed by atoms with Gasteiger partial charge in [0, 0.05) is 33.3 Å². The summed E-state index contributed by atoms with van der Waals surface area (Å²) in [6.45, 7) is 0. The molecule has 1 aromatic carbocycles. The van der Waals surface area contributed by atoms with E-state index in [1.54, 1.807) is 18.3 Å². The molecule has 0 unspecified atom stereocenters. The number of benzene rings is 1. The topological polar surface area (TPSA) is 70.2 Å². The van der Waals surface area contributed by atoms with Crippen molar-refractivity contribution in [1.29, 1.82) is 0 Å². The molecular formula is C9H8ClNO3S. The van der Waals surface area contributed by atoms with Crippen LogP contribution in [0.25, 0.3) is 10.9 Å². The molecule has 0 atom stereocenters. The van der Waals surface area contributed by atoms with E-state index in [2.05, 4.69) is 4.98 Å². The fraction of sp³-hybridized carbons (Fsp3) is 0.111. The van der Waals surface area contributed by atoms with Crippen molar-refractivity contribution in [3.63, 3.8) is 0 Å². The van der Waals surface area contributed by atoms with Crippen LogP contribution in [0.3, 0.4) is 0 Å². The minimum Gasteiger partial charge on any atom is -0.507 e. The number of phenols is 1. The molecule has 0 saturated heterocycles. The fourth-order valence-corrected chi connectivity index (χ4v) is 2.42. The van der Waals surface area contributed by atoms with E-state index < -0.39 is 9.05 Å². The highest BCUT2D eigenvalue weighted by molar-refractivity contribution is 8.13. The molecule has 4 nitrogen and oxygen atoms in total. The monoisotopic (exact) mass is 245 g/mol. The quantitative estimate of drug-likeness (QED) is 0.795. The van der Waals surface area contributed by atoms with E-state index in [9.17, 15) is 13.5 Å². The van der Waals surface area contributed by atoms with Gasteiger partial charge >= 0.3 is 0 Å². The fourth-order valence-electron chi connectivity index (χ4n) is 1.46. The molecule has 0 bridgehead atoms. The van der Waals surface area contributed by atoms with E-state index in [0.717, 1.165) is 5.52 Å². The standard InChI is InChI=1S/C9H8ClNO3S/c10-15(13,14)5-6-1-2-8-7(9(6)12)3-4-11-8/h1-4,11-12H,5H2. The summed E-state index contributed by atoms with van der Waals surface area (Å²) in [4.78, 5) is 2.91. The average molecular weight is 246 g/mol. The number of aromatic amines is 1. The van der Waals surface area contributed by atoms with Crippen molar-refractivity contribution in [3.05, 3.63) is 30.0 Å². The van der Waals surface area contributed by atoms with Crippen molar-refractivity contribution in [2.75, 3.05) is 0 Å². The number of hydrogen-bond acceptors (Lipinski definition) is 3. The maximum Gasteiger partial charge on any atom is 0.236 e. The average Bonchev–Trinajstić information content (AvgIpc) is 2.56. The Balaban J connectivity index is 2.58. The van der Waals surface area contributed by atoms with Crippen molar-refractivity contribution in [3.8, 4) is 5.75 Å². The van der Waals surface area contributed by atoms with E-state index in [4.69, 9.17) is 10.7 Å². The number of fused-ring (bicyclic) bond motifs is 1. The predicted octanol–water partition coefficient (Wildman–Crippen LogP) is 1.94. The molecule has 1 aromatic heterocycles. The Bertz CT molecular complexity index is 603. The molecule has 6 heteroatoms. The highest BCUT2D eigenvalue weighted by atomic mass is 35.7. The van der Waals surface area contributed by atoms with Crippen LogP contribution in [0, 0.1) is 0 Å². The SMILES string of the molecule is O=S(=O)(Cl)Cc1ccc2[nH]ccc2c1O. The van der Waals surface area contributed by atoms with Crippen LogP contribution in [0.15, 0.2) is 24.4 Å². The van der Waals surface area contributed by atoms with Gasteiger partial charge in [0.25, 0.3) is 0 Å².